The zero-order valence-electron chi connectivity index (χ0n) is 7.89. The fraction of sp³-hybridized carbons (Fsp3) is 0.500. The maximum atomic E-state index is 4.28. The number of hydrogen-bond donors (Lipinski definition) is 0. The largest absolute Gasteiger partial charge is 0.255 e. The van der Waals surface area contributed by atoms with Gasteiger partial charge in [-0.3, -0.25) is 0 Å². The van der Waals surface area contributed by atoms with Gasteiger partial charge in [0.05, 0.1) is 0 Å². The molecule has 5 heteroatoms. The highest BCUT2D eigenvalue weighted by molar-refractivity contribution is 5.25. The van der Waals surface area contributed by atoms with E-state index in [1.54, 1.807) is 10.8 Å². The Morgan fingerprint density at radius 1 is 1.31 bits per heavy atom. The summed E-state index contributed by atoms with van der Waals surface area (Å²) >= 11 is 0. The molecule has 0 aliphatic heterocycles. The van der Waals surface area contributed by atoms with Crippen molar-refractivity contribution in [3.63, 3.8) is 0 Å². The van der Waals surface area contributed by atoms with E-state index >= 15 is 0 Å². The summed E-state index contributed by atoms with van der Waals surface area (Å²) in [6.07, 6.45) is 3.07. The van der Waals surface area contributed by atoms with Gasteiger partial charge < -0.3 is 0 Å². The molecule has 68 valence electrons. The van der Waals surface area contributed by atoms with Crippen molar-refractivity contribution in [2.24, 2.45) is 0 Å². The quantitative estimate of drug-likeness (QED) is 0.597. The van der Waals surface area contributed by atoms with Crippen LogP contribution in [0.4, 0.5) is 0 Å². The monoisotopic (exact) mass is 177 g/mol. The second kappa shape index (κ2) is 2.48. The molecule has 0 radical (unpaired) electrons. The average Bonchev–Trinajstić information content (AvgIpc) is 2.45. The lowest BCUT2D eigenvalue weighted by Gasteiger charge is -2.11. The smallest absolute Gasteiger partial charge is 0.225 e. The van der Waals surface area contributed by atoms with Gasteiger partial charge in [0, 0.05) is 5.41 Å². The lowest BCUT2D eigenvalue weighted by molar-refractivity contribution is 0.545. The first-order chi connectivity index (χ1) is 6.07. The van der Waals surface area contributed by atoms with Crippen LogP contribution < -0.4 is 0 Å². The van der Waals surface area contributed by atoms with Gasteiger partial charge in [0.15, 0.2) is 5.82 Å². The van der Waals surface area contributed by atoms with Crippen LogP contribution in [0.3, 0.4) is 0 Å². The number of hydrogen-bond acceptors (Lipinski definition) is 4. The van der Waals surface area contributed by atoms with E-state index in [4.69, 9.17) is 0 Å². The molecular formula is C8H11N5. The van der Waals surface area contributed by atoms with Gasteiger partial charge in [0.1, 0.15) is 12.7 Å². The third kappa shape index (κ3) is 1.37. The molecule has 0 unspecified atom stereocenters. The molecule has 0 saturated carbocycles. The van der Waals surface area contributed by atoms with E-state index in [-0.39, 0.29) is 5.41 Å². The van der Waals surface area contributed by atoms with E-state index in [0.29, 0.717) is 5.78 Å². The molecule has 0 amide bonds. The van der Waals surface area contributed by atoms with E-state index in [1.165, 1.54) is 6.33 Å². The van der Waals surface area contributed by atoms with Crippen molar-refractivity contribution in [1.82, 2.24) is 24.6 Å². The van der Waals surface area contributed by atoms with Crippen molar-refractivity contribution < 1.29 is 0 Å². The fourth-order valence-corrected chi connectivity index (χ4v) is 0.976. The minimum Gasteiger partial charge on any atom is -0.225 e. The second-order valence-electron chi connectivity index (χ2n) is 3.94. The predicted molar refractivity (Wildman–Crippen MR) is 47.3 cm³/mol. The van der Waals surface area contributed by atoms with Crippen LogP contribution in [0.1, 0.15) is 26.6 Å². The van der Waals surface area contributed by atoms with E-state index in [2.05, 4.69) is 40.8 Å². The lowest BCUT2D eigenvalue weighted by atomic mass is 9.96. The number of aromatic nitrogens is 5. The molecule has 13 heavy (non-hydrogen) atoms. The topological polar surface area (TPSA) is 56.0 Å². The summed E-state index contributed by atoms with van der Waals surface area (Å²) in [6, 6.07) is 0. The van der Waals surface area contributed by atoms with Crippen LogP contribution in [0.25, 0.3) is 5.78 Å². The van der Waals surface area contributed by atoms with Gasteiger partial charge in [0.2, 0.25) is 0 Å². The van der Waals surface area contributed by atoms with Gasteiger partial charge in [-0.05, 0) is 0 Å². The van der Waals surface area contributed by atoms with E-state index in [1.807, 2.05) is 0 Å². The van der Waals surface area contributed by atoms with Crippen molar-refractivity contribution in [2.75, 3.05) is 0 Å². The van der Waals surface area contributed by atoms with Gasteiger partial charge in [0.25, 0.3) is 5.78 Å². The van der Waals surface area contributed by atoms with E-state index in [9.17, 15) is 0 Å². The molecule has 0 aliphatic rings. The minimum atomic E-state index is -0.0479. The molecule has 0 atom stereocenters. The fourth-order valence-electron chi connectivity index (χ4n) is 0.976. The Morgan fingerprint density at radius 2 is 2.08 bits per heavy atom. The molecule has 0 bridgehead atoms. The van der Waals surface area contributed by atoms with E-state index < -0.39 is 0 Å². The van der Waals surface area contributed by atoms with Crippen LogP contribution in [-0.2, 0) is 5.41 Å². The number of fused-ring (bicyclic) bond motifs is 1. The zero-order chi connectivity index (χ0) is 9.47. The van der Waals surface area contributed by atoms with Crippen molar-refractivity contribution in [2.45, 2.75) is 26.2 Å². The van der Waals surface area contributed by atoms with Crippen molar-refractivity contribution in [1.29, 1.82) is 0 Å². The highest BCUT2D eigenvalue weighted by Gasteiger charge is 2.19. The van der Waals surface area contributed by atoms with Crippen molar-refractivity contribution in [3.8, 4) is 0 Å². The highest BCUT2D eigenvalue weighted by Crippen LogP contribution is 2.17. The second-order valence-corrected chi connectivity index (χ2v) is 3.94. The molecule has 0 spiro atoms. The summed E-state index contributed by atoms with van der Waals surface area (Å²) in [7, 11) is 0. The Kier molecular flexibility index (Phi) is 1.55. The number of rotatable bonds is 0. The standard InChI is InChI=1S/C8H11N5/c1-8(2,3)6-11-7-10-4-9-5-13(7)12-6/h4-5H,1-3H3. The van der Waals surface area contributed by atoms with Crippen LogP contribution in [0, 0.1) is 0 Å². The molecule has 2 aromatic heterocycles. The lowest BCUT2D eigenvalue weighted by Crippen LogP contribution is -2.13. The molecule has 0 N–H and O–H groups in total. The van der Waals surface area contributed by atoms with Crippen molar-refractivity contribution in [3.05, 3.63) is 18.5 Å². The van der Waals surface area contributed by atoms with Crippen molar-refractivity contribution >= 4 is 5.78 Å². The Bertz CT molecular complexity index is 392. The average molecular weight is 177 g/mol. The Labute approximate surface area is 75.9 Å². The van der Waals surface area contributed by atoms with E-state index in [0.717, 1.165) is 5.82 Å². The van der Waals surface area contributed by atoms with Gasteiger partial charge in [-0.1, -0.05) is 20.8 Å². The molecule has 0 aliphatic carbocycles. The first kappa shape index (κ1) is 8.10. The number of nitrogens with zero attached hydrogens (tertiary/aromatic N) is 5. The first-order valence-electron chi connectivity index (χ1n) is 4.10. The maximum absolute atomic E-state index is 4.28. The van der Waals surface area contributed by atoms with Crippen LogP contribution in [0.15, 0.2) is 12.7 Å². The summed E-state index contributed by atoms with van der Waals surface area (Å²) in [4.78, 5) is 12.1. The zero-order valence-corrected chi connectivity index (χ0v) is 7.89. The summed E-state index contributed by atoms with van der Waals surface area (Å²) in [5.74, 6) is 1.38. The Balaban J connectivity index is 2.63. The van der Waals surface area contributed by atoms with Gasteiger partial charge in [-0.25, -0.2) is 4.98 Å². The highest BCUT2D eigenvalue weighted by atomic mass is 15.3. The molecular weight excluding hydrogens is 166 g/mol. The molecule has 0 aromatic carbocycles. The Hall–Kier alpha value is -1.52. The summed E-state index contributed by atoms with van der Waals surface area (Å²) in [5, 5.41) is 4.26. The third-order valence-corrected chi connectivity index (χ3v) is 1.70. The third-order valence-electron chi connectivity index (χ3n) is 1.70. The van der Waals surface area contributed by atoms with Crippen LogP contribution in [0.5, 0.6) is 0 Å². The molecule has 2 aromatic rings. The summed E-state index contributed by atoms with van der Waals surface area (Å²) in [5.41, 5.74) is -0.0479. The molecule has 0 saturated heterocycles. The van der Waals surface area contributed by atoms with Gasteiger partial charge in [-0.15, -0.1) is 5.10 Å². The molecule has 2 rings (SSSR count). The molecule has 0 fully saturated rings. The predicted octanol–water partition coefficient (Wildman–Crippen LogP) is 0.817. The van der Waals surface area contributed by atoms with Gasteiger partial charge in [-0.2, -0.15) is 14.5 Å². The Morgan fingerprint density at radius 3 is 2.69 bits per heavy atom. The molecule has 5 nitrogen and oxygen atoms in total. The summed E-state index contributed by atoms with van der Waals surface area (Å²) < 4.78 is 1.58. The minimum absolute atomic E-state index is 0.0479. The first-order valence-corrected chi connectivity index (χ1v) is 4.10. The SMILES string of the molecule is CC(C)(C)c1nc2ncncn2n1. The normalized spacial score (nSPS) is 12.2. The van der Waals surface area contributed by atoms with Crippen LogP contribution in [0.2, 0.25) is 0 Å². The van der Waals surface area contributed by atoms with Crippen LogP contribution >= 0.6 is 0 Å². The van der Waals surface area contributed by atoms with Gasteiger partial charge >= 0.3 is 0 Å². The maximum Gasteiger partial charge on any atom is 0.255 e. The summed E-state index contributed by atoms with van der Waals surface area (Å²) in [6.45, 7) is 6.19. The molecule has 2 heterocycles. The van der Waals surface area contributed by atoms with Crippen LogP contribution in [-0.4, -0.2) is 24.6 Å².